The Morgan fingerprint density at radius 3 is 2.83 bits per heavy atom. The van der Waals surface area contributed by atoms with Crippen molar-refractivity contribution in [3.63, 3.8) is 0 Å². The third-order valence-electron chi connectivity index (χ3n) is 3.17. The summed E-state index contributed by atoms with van der Waals surface area (Å²) in [4.78, 5) is 25.4. The fourth-order valence-electron chi connectivity index (χ4n) is 2.07. The molecule has 23 heavy (non-hydrogen) atoms. The van der Waals surface area contributed by atoms with Crippen LogP contribution in [0.2, 0.25) is 0 Å². The van der Waals surface area contributed by atoms with Gasteiger partial charge in [-0.1, -0.05) is 28.1 Å². The maximum Gasteiger partial charge on any atom is 0.288 e. The lowest BCUT2D eigenvalue weighted by atomic mass is 10.1. The van der Waals surface area contributed by atoms with E-state index in [1.165, 1.54) is 5.56 Å². The maximum atomic E-state index is 11.4. The van der Waals surface area contributed by atoms with Gasteiger partial charge in [-0.3, -0.25) is 14.9 Å². The number of aryl methyl sites for hydroxylation is 1. The van der Waals surface area contributed by atoms with Crippen LogP contribution in [0.15, 0.2) is 41.0 Å². The van der Waals surface area contributed by atoms with E-state index in [0.717, 1.165) is 29.6 Å². The zero-order valence-corrected chi connectivity index (χ0v) is 13.7. The number of halogens is 1. The molecule has 0 aliphatic carbocycles. The molecule has 0 saturated carbocycles. The van der Waals surface area contributed by atoms with Gasteiger partial charge in [0.15, 0.2) is 0 Å². The number of nitrogens with zero attached hydrogens (tertiary/aromatic N) is 2. The van der Waals surface area contributed by atoms with Crippen LogP contribution in [-0.2, 0) is 6.42 Å². The maximum absolute atomic E-state index is 11.4. The van der Waals surface area contributed by atoms with Gasteiger partial charge < -0.3 is 11.1 Å². The van der Waals surface area contributed by atoms with Crippen molar-refractivity contribution < 1.29 is 9.72 Å². The number of pyridine rings is 1. The van der Waals surface area contributed by atoms with E-state index in [4.69, 9.17) is 5.73 Å². The van der Waals surface area contributed by atoms with E-state index in [0.29, 0.717) is 6.54 Å². The fourth-order valence-corrected chi connectivity index (χ4v) is 2.52. The van der Waals surface area contributed by atoms with Gasteiger partial charge in [0.25, 0.3) is 11.6 Å². The number of carbonyl (C=O) groups is 1. The molecule has 0 aliphatic heterocycles. The quantitative estimate of drug-likeness (QED) is 0.437. The molecule has 0 radical (unpaired) electrons. The average molecular weight is 379 g/mol. The molecule has 2 aromatic rings. The number of benzene rings is 1. The molecule has 7 nitrogen and oxygen atoms in total. The molecule has 0 aliphatic rings. The van der Waals surface area contributed by atoms with E-state index in [1.807, 2.05) is 24.3 Å². The highest BCUT2D eigenvalue weighted by molar-refractivity contribution is 9.10. The van der Waals surface area contributed by atoms with Crippen LogP contribution in [0.4, 0.5) is 11.5 Å². The topological polar surface area (TPSA) is 111 Å². The molecule has 0 atom stereocenters. The minimum Gasteiger partial charge on any atom is -0.369 e. The zero-order valence-electron chi connectivity index (χ0n) is 12.2. The Morgan fingerprint density at radius 1 is 1.39 bits per heavy atom. The third-order valence-corrected chi connectivity index (χ3v) is 3.67. The number of rotatable bonds is 7. The molecule has 0 bridgehead atoms. The normalized spacial score (nSPS) is 10.3. The highest BCUT2D eigenvalue weighted by Gasteiger charge is 2.15. The molecule has 1 aromatic heterocycles. The Hall–Kier alpha value is -2.48. The number of carbonyl (C=O) groups excluding carboxylic acids is 1. The molecule has 2 rings (SSSR count). The van der Waals surface area contributed by atoms with Crippen LogP contribution in [0.25, 0.3) is 0 Å². The number of nitro groups is 1. The van der Waals surface area contributed by atoms with Crippen molar-refractivity contribution in [2.75, 3.05) is 11.9 Å². The van der Waals surface area contributed by atoms with E-state index >= 15 is 0 Å². The van der Waals surface area contributed by atoms with Crippen molar-refractivity contribution in [3.05, 3.63) is 62.2 Å². The van der Waals surface area contributed by atoms with Gasteiger partial charge in [0.1, 0.15) is 12.0 Å². The second-order valence-electron chi connectivity index (χ2n) is 4.87. The van der Waals surface area contributed by atoms with Crippen LogP contribution in [-0.4, -0.2) is 22.4 Å². The van der Waals surface area contributed by atoms with Gasteiger partial charge >= 0.3 is 0 Å². The van der Waals surface area contributed by atoms with Crippen LogP contribution < -0.4 is 11.1 Å². The minimum absolute atomic E-state index is 0.0154. The van der Waals surface area contributed by atoms with Crippen LogP contribution in [0.5, 0.6) is 0 Å². The Labute approximate surface area is 141 Å². The first-order valence-electron chi connectivity index (χ1n) is 6.90. The van der Waals surface area contributed by atoms with Crippen molar-refractivity contribution in [2.24, 2.45) is 5.73 Å². The van der Waals surface area contributed by atoms with E-state index in [-0.39, 0.29) is 17.1 Å². The first-order valence-corrected chi connectivity index (χ1v) is 7.69. The first kappa shape index (κ1) is 16.9. The van der Waals surface area contributed by atoms with E-state index < -0.39 is 10.8 Å². The van der Waals surface area contributed by atoms with Crippen molar-refractivity contribution in [1.82, 2.24) is 4.98 Å². The number of amides is 1. The van der Waals surface area contributed by atoms with E-state index in [9.17, 15) is 14.9 Å². The van der Waals surface area contributed by atoms with Crippen molar-refractivity contribution in [3.8, 4) is 0 Å². The van der Waals surface area contributed by atoms with Crippen molar-refractivity contribution in [2.45, 2.75) is 12.8 Å². The molecule has 1 heterocycles. The first-order chi connectivity index (χ1) is 11.0. The monoisotopic (exact) mass is 378 g/mol. The molecule has 0 spiro atoms. The molecule has 1 amide bonds. The molecule has 8 heteroatoms. The van der Waals surface area contributed by atoms with Gasteiger partial charge in [-0.25, -0.2) is 4.98 Å². The highest BCUT2D eigenvalue weighted by atomic mass is 79.9. The second-order valence-corrected chi connectivity index (χ2v) is 5.79. The molecular formula is C15H15BrN4O3. The summed E-state index contributed by atoms with van der Waals surface area (Å²) in [6.45, 7) is 0.567. The number of nitrogens with two attached hydrogens (primary N) is 1. The van der Waals surface area contributed by atoms with Crippen LogP contribution in [0, 0.1) is 10.1 Å². The number of hydrogen-bond donors (Lipinski definition) is 2. The molecule has 1 aromatic carbocycles. The van der Waals surface area contributed by atoms with Crippen LogP contribution in [0.1, 0.15) is 22.3 Å². The summed E-state index contributed by atoms with van der Waals surface area (Å²) < 4.78 is 1.02. The summed E-state index contributed by atoms with van der Waals surface area (Å²) in [5, 5.41) is 13.7. The molecule has 0 saturated heterocycles. The van der Waals surface area contributed by atoms with Gasteiger partial charge in [-0.15, -0.1) is 0 Å². The predicted octanol–water partition coefficient (Wildman–Crippen LogP) is 2.90. The van der Waals surface area contributed by atoms with Crippen LogP contribution in [0.3, 0.4) is 0 Å². The number of aromatic nitrogens is 1. The lowest BCUT2D eigenvalue weighted by Crippen LogP contribution is -2.16. The Morgan fingerprint density at radius 2 is 2.17 bits per heavy atom. The summed E-state index contributed by atoms with van der Waals surface area (Å²) >= 11 is 3.42. The van der Waals surface area contributed by atoms with Gasteiger partial charge in [0.05, 0.1) is 10.5 Å². The van der Waals surface area contributed by atoms with Crippen LogP contribution >= 0.6 is 15.9 Å². The van der Waals surface area contributed by atoms with Crippen molar-refractivity contribution >= 4 is 33.3 Å². The zero-order chi connectivity index (χ0) is 16.8. The molecule has 3 N–H and O–H groups in total. The highest BCUT2D eigenvalue weighted by Crippen LogP contribution is 2.19. The number of nitrogens with one attached hydrogen (secondary N) is 1. The third kappa shape index (κ3) is 4.75. The molecule has 0 unspecified atom stereocenters. The lowest BCUT2D eigenvalue weighted by molar-refractivity contribution is -0.385. The fraction of sp³-hybridized carbons (Fsp3) is 0.200. The predicted molar refractivity (Wildman–Crippen MR) is 90.4 cm³/mol. The number of hydrogen-bond acceptors (Lipinski definition) is 5. The number of anilines is 1. The largest absolute Gasteiger partial charge is 0.369 e. The average Bonchev–Trinajstić information content (AvgIpc) is 2.51. The smallest absolute Gasteiger partial charge is 0.288 e. The Balaban J connectivity index is 1.97. The Bertz CT molecular complexity index is 736. The second kappa shape index (κ2) is 7.68. The minimum atomic E-state index is -0.754. The van der Waals surface area contributed by atoms with Gasteiger partial charge in [0, 0.05) is 17.1 Å². The summed E-state index contributed by atoms with van der Waals surface area (Å²) in [6.07, 6.45) is 2.77. The SMILES string of the molecule is NC(=O)c1cc([N+](=O)[O-])cnc1NCCCc1cccc(Br)c1. The summed E-state index contributed by atoms with van der Waals surface area (Å²) in [7, 11) is 0. The van der Waals surface area contributed by atoms with Gasteiger partial charge in [-0.2, -0.15) is 0 Å². The Kier molecular flexibility index (Phi) is 5.64. The van der Waals surface area contributed by atoms with Gasteiger partial charge in [0.2, 0.25) is 0 Å². The summed E-state index contributed by atoms with van der Waals surface area (Å²) in [5.74, 6) is -0.493. The molecule has 120 valence electrons. The van der Waals surface area contributed by atoms with Gasteiger partial charge in [-0.05, 0) is 30.5 Å². The van der Waals surface area contributed by atoms with Crippen molar-refractivity contribution in [1.29, 1.82) is 0 Å². The molecule has 0 fully saturated rings. The van der Waals surface area contributed by atoms with E-state index in [1.54, 1.807) is 0 Å². The standard InChI is InChI=1S/C15H15BrN4O3/c16-11-5-1-3-10(7-11)4-2-6-18-15-13(14(17)21)8-12(9-19-15)20(22)23/h1,3,5,7-9H,2,4,6H2,(H2,17,21)(H,18,19). The summed E-state index contributed by atoms with van der Waals surface area (Å²) in [6, 6.07) is 9.13. The summed E-state index contributed by atoms with van der Waals surface area (Å²) in [5.41, 5.74) is 6.19. The lowest BCUT2D eigenvalue weighted by Gasteiger charge is -2.09. The van der Waals surface area contributed by atoms with E-state index in [2.05, 4.69) is 26.2 Å². The molecular weight excluding hydrogens is 364 g/mol. The number of primary amides is 1.